The molecule has 0 aliphatic rings. The third-order valence-corrected chi connectivity index (χ3v) is 9.28. The highest BCUT2D eigenvalue weighted by Crippen LogP contribution is 2.37. The summed E-state index contributed by atoms with van der Waals surface area (Å²) in [7, 11) is 0. The van der Waals surface area contributed by atoms with Gasteiger partial charge >= 0.3 is 0 Å². The van der Waals surface area contributed by atoms with Crippen LogP contribution >= 0.6 is 0 Å². The van der Waals surface area contributed by atoms with Gasteiger partial charge in [-0.1, -0.05) is 140 Å². The molecule has 0 bridgehead atoms. The summed E-state index contributed by atoms with van der Waals surface area (Å²) in [6, 6.07) is 63.8. The van der Waals surface area contributed by atoms with E-state index < -0.39 is 0 Å². The molecule has 0 saturated heterocycles. The molecule has 7 aromatic carbocycles. The van der Waals surface area contributed by atoms with Crippen molar-refractivity contribution in [3.63, 3.8) is 0 Å². The lowest BCUT2D eigenvalue weighted by atomic mass is 9.93. The second-order valence-corrected chi connectivity index (χ2v) is 12.5. The predicted molar refractivity (Wildman–Crippen MR) is 207 cm³/mol. The lowest BCUT2D eigenvalue weighted by molar-refractivity contribution is 1.18. The van der Waals surface area contributed by atoms with Crippen LogP contribution in [0, 0.1) is 0 Å². The second-order valence-electron chi connectivity index (χ2n) is 12.5. The Bertz CT molecular complexity index is 2550. The van der Waals surface area contributed by atoms with E-state index in [0.717, 1.165) is 61.6 Å². The molecule has 0 saturated carbocycles. The van der Waals surface area contributed by atoms with Crippen LogP contribution in [0.4, 0.5) is 0 Å². The van der Waals surface area contributed by atoms with Crippen LogP contribution in [0.3, 0.4) is 0 Å². The van der Waals surface area contributed by atoms with Crippen LogP contribution in [0.2, 0.25) is 0 Å². The maximum Gasteiger partial charge on any atom is 0.160 e. The van der Waals surface area contributed by atoms with Crippen molar-refractivity contribution >= 4 is 21.5 Å². The van der Waals surface area contributed by atoms with Crippen LogP contribution in [0.25, 0.3) is 89.0 Å². The Kier molecular flexibility index (Phi) is 7.49. The smallest absolute Gasteiger partial charge is 0.160 e. The second kappa shape index (κ2) is 12.7. The van der Waals surface area contributed by atoms with Gasteiger partial charge in [0.25, 0.3) is 0 Å². The van der Waals surface area contributed by atoms with Gasteiger partial charge in [-0.15, -0.1) is 0 Å². The van der Waals surface area contributed by atoms with E-state index in [1.165, 1.54) is 21.5 Å². The van der Waals surface area contributed by atoms with Crippen molar-refractivity contribution in [2.75, 3.05) is 0 Å². The number of aromatic nitrogens is 3. The molecule has 3 nitrogen and oxygen atoms in total. The van der Waals surface area contributed by atoms with Gasteiger partial charge in [-0.3, -0.25) is 4.98 Å². The van der Waals surface area contributed by atoms with E-state index >= 15 is 0 Å². The molecule has 3 heteroatoms. The van der Waals surface area contributed by atoms with Crippen molar-refractivity contribution in [2.45, 2.75) is 0 Å². The zero-order valence-corrected chi connectivity index (χ0v) is 27.2. The molecule has 0 unspecified atom stereocenters. The third kappa shape index (κ3) is 5.72. The predicted octanol–water partition coefficient (Wildman–Crippen LogP) is 12.2. The average Bonchev–Trinajstić information content (AvgIpc) is 3.21. The molecule has 0 N–H and O–H groups in total. The molecule has 0 aliphatic heterocycles. The van der Waals surface area contributed by atoms with E-state index in [4.69, 9.17) is 15.0 Å². The number of hydrogen-bond donors (Lipinski definition) is 0. The molecule has 50 heavy (non-hydrogen) atoms. The SMILES string of the molecule is c1ccc(-c2cc(-c3nc(-c4ccc5ccccc5c4)cc(-c4ccc5ccccc5c4)n3)cc(-c3cccnc3-c3ccccc3)c2)cc1. The quantitative estimate of drug-likeness (QED) is 0.182. The number of fused-ring (bicyclic) bond motifs is 2. The van der Waals surface area contributed by atoms with Crippen LogP contribution in [-0.4, -0.2) is 15.0 Å². The molecule has 234 valence electrons. The first-order valence-electron chi connectivity index (χ1n) is 16.8. The van der Waals surface area contributed by atoms with Crippen molar-refractivity contribution in [1.29, 1.82) is 0 Å². The summed E-state index contributed by atoms with van der Waals surface area (Å²) in [6.07, 6.45) is 1.86. The Morgan fingerprint density at radius 1 is 0.300 bits per heavy atom. The normalized spacial score (nSPS) is 11.2. The Hall–Kier alpha value is -6.71. The molecular formula is C47H31N3. The number of benzene rings is 7. The monoisotopic (exact) mass is 637 g/mol. The number of hydrogen-bond acceptors (Lipinski definition) is 3. The molecule has 2 heterocycles. The molecular weight excluding hydrogens is 607 g/mol. The van der Waals surface area contributed by atoms with Crippen LogP contribution in [0.1, 0.15) is 0 Å². The fourth-order valence-electron chi connectivity index (χ4n) is 6.74. The molecule has 0 aliphatic carbocycles. The maximum atomic E-state index is 5.29. The van der Waals surface area contributed by atoms with Crippen LogP contribution in [-0.2, 0) is 0 Å². The standard InChI is InChI=1S/C47H31N3/c1-3-12-32(13-4-1)40-28-41(43-20-11-25-48-46(43)35-16-5-2-6-17-35)30-42(29-40)47-49-44(38-23-21-33-14-7-9-18-36(33)26-38)31-45(50-47)39-24-22-34-15-8-10-19-37(34)27-39/h1-31H. The molecule has 9 rings (SSSR count). The summed E-state index contributed by atoms with van der Waals surface area (Å²) >= 11 is 0. The number of pyridine rings is 1. The highest BCUT2D eigenvalue weighted by Gasteiger charge is 2.16. The maximum absolute atomic E-state index is 5.29. The average molecular weight is 638 g/mol. The molecule has 0 spiro atoms. The molecule has 2 aromatic heterocycles. The summed E-state index contributed by atoms with van der Waals surface area (Å²) in [6.45, 7) is 0. The van der Waals surface area contributed by atoms with Crippen molar-refractivity contribution in [1.82, 2.24) is 15.0 Å². The van der Waals surface area contributed by atoms with Crippen LogP contribution < -0.4 is 0 Å². The van der Waals surface area contributed by atoms with Crippen molar-refractivity contribution in [3.8, 4) is 67.4 Å². The third-order valence-electron chi connectivity index (χ3n) is 9.28. The summed E-state index contributed by atoms with van der Waals surface area (Å²) in [4.78, 5) is 15.4. The summed E-state index contributed by atoms with van der Waals surface area (Å²) in [5.74, 6) is 0.669. The van der Waals surface area contributed by atoms with E-state index in [9.17, 15) is 0 Å². The zero-order chi connectivity index (χ0) is 33.3. The van der Waals surface area contributed by atoms with E-state index in [1.54, 1.807) is 0 Å². The van der Waals surface area contributed by atoms with Crippen LogP contribution in [0.5, 0.6) is 0 Å². The fraction of sp³-hybridized carbons (Fsp3) is 0. The number of nitrogens with zero attached hydrogens (tertiary/aromatic N) is 3. The van der Waals surface area contributed by atoms with Gasteiger partial charge in [0.2, 0.25) is 0 Å². The molecule has 0 fully saturated rings. The molecule has 0 radical (unpaired) electrons. The van der Waals surface area contributed by atoms with Crippen molar-refractivity contribution < 1.29 is 0 Å². The van der Waals surface area contributed by atoms with Gasteiger partial charge in [0, 0.05) is 34.0 Å². The minimum atomic E-state index is 0.669. The van der Waals surface area contributed by atoms with Gasteiger partial charge < -0.3 is 0 Å². The highest BCUT2D eigenvalue weighted by molar-refractivity contribution is 5.90. The molecule has 0 atom stereocenters. The Balaban J connectivity index is 1.28. The summed E-state index contributed by atoms with van der Waals surface area (Å²) in [5, 5.41) is 4.75. The first-order chi connectivity index (χ1) is 24.7. The van der Waals surface area contributed by atoms with Crippen molar-refractivity contribution in [2.24, 2.45) is 0 Å². The van der Waals surface area contributed by atoms with E-state index in [0.29, 0.717) is 5.82 Å². The van der Waals surface area contributed by atoms with Gasteiger partial charge in [-0.2, -0.15) is 0 Å². The van der Waals surface area contributed by atoms with Gasteiger partial charge in [-0.25, -0.2) is 9.97 Å². The zero-order valence-electron chi connectivity index (χ0n) is 27.2. The Morgan fingerprint density at radius 3 is 1.44 bits per heavy atom. The fourth-order valence-corrected chi connectivity index (χ4v) is 6.74. The summed E-state index contributed by atoms with van der Waals surface area (Å²) < 4.78 is 0. The lowest BCUT2D eigenvalue weighted by Gasteiger charge is -2.15. The topological polar surface area (TPSA) is 38.7 Å². The van der Waals surface area contributed by atoms with Gasteiger partial charge in [-0.05, 0) is 80.7 Å². The van der Waals surface area contributed by atoms with Gasteiger partial charge in [0.1, 0.15) is 0 Å². The Labute approximate surface area is 291 Å². The van der Waals surface area contributed by atoms with E-state index in [-0.39, 0.29) is 0 Å². The van der Waals surface area contributed by atoms with E-state index in [2.05, 4.69) is 170 Å². The molecule has 0 amide bonds. The van der Waals surface area contributed by atoms with E-state index in [1.807, 2.05) is 18.3 Å². The van der Waals surface area contributed by atoms with Gasteiger partial charge in [0.05, 0.1) is 17.1 Å². The Morgan fingerprint density at radius 2 is 0.820 bits per heavy atom. The van der Waals surface area contributed by atoms with Gasteiger partial charge in [0.15, 0.2) is 5.82 Å². The first kappa shape index (κ1) is 29.4. The first-order valence-corrected chi connectivity index (χ1v) is 16.8. The largest absolute Gasteiger partial charge is 0.256 e. The molecule has 9 aromatic rings. The minimum absolute atomic E-state index is 0.669. The number of rotatable bonds is 6. The minimum Gasteiger partial charge on any atom is -0.256 e. The highest BCUT2D eigenvalue weighted by atomic mass is 14.9. The van der Waals surface area contributed by atoms with Crippen LogP contribution in [0.15, 0.2) is 188 Å². The van der Waals surface area contributed by atoms with Crippen molar-refractivity contribution in [3.05, 3.63) is 188 Å². The summed E-state index contributed by atoms with van der Waals surface area (Å²) in [5.41, 5.74) is 11.1. The lowest BCUT2D eigenvalue weighted by Crippen LogP contribution is -1.97.